The molecule has 5 heteroatoms. The Bertz CT molecular complexity index is 488. The second-order valence-corrected chi connectivity index (χ2v) is 4.75. The molecule has 0 bridgehead atoms. The number of nitriles is 1. The lowest BCUT2D eigenvalue weighted by Gasteiger charge is -2.10. The Morgan fingerprint density at radius 3 is 2.53 bits per heavy atom. The first kappa shape index (κ1) is 11.5. The topological polar surface area (TPSA) is 67.2 Å². The van der Waals surface area contributed by atoms with Crippen molar-refractivity contribution >= 4 is 10.1 Å². The summed E-state index contributed by atoms with van der Waals surface area (Å²) in [6.07, 6.45) is 0.973. The van der Waals surface area contributed by atoms with Crippen molar-refractivity contribution in [3.63, 3.8) is 0 Å². The zero-order valence-electron chi connectivity index (χ0n) is 8.47. The van der Waals surface area contributed by atoms with Crippen LogP contribution in [0.25, 0.3) is 0 Å². The molecule has 0 aliphatic carbocycles. The van der Waals surface area contributed by atoms with Crippen LogP contribution in [0.2, 0.25) is 0 Å². The van der Waals surface area contributed by atoms with Crippen molar-refractivity contribution in [2.75, 3.05) is 6.26 Å². The molecule has 0 spiro atoms. The smallest absolute Gasteiger partial charge is 0.306 e. The second-order valence-electron chi connectivity index (χ2n) is 3.18. The Kier molecular flexibility index (Phi) is 3.32. The van der Waals surface area contributed by atoms with Gasteiger partial charge in [0.2, 0.25) is 0 Å². The van der Waals surface area contributed by atoms with Crippen LogP contribution in [-0.4, -0.2) is 14.7 Å². The monoisotopic (exact) mass is 225 g/mol. The molecule has 1 atom stereocenters. The molecule has 0 radical (unpaired) electrons. The summed E-state index contributed by atoms with van der Waals surface area (Å²) in [5.41, 5.74) is 0.574. The second kappa shape index (κ2) is 4.32. The normalized spacial score (nSPS) is 12.9. The number of benzene rings is 1. The Morgan fingerprint density at radius 1 is 1.40 bits per heavy atom. The minimum Gasteiger partial charge on any atom is -0.382 e. The van der Waals surface area contributed by atoms with Crippen LogP contribution in [0.1, 0.15) is 18.4 Å². The first-order valence-corrected chi connectivity index (χ1v) is 6.13. The molecule has 0 N–H and O–H groups in total. The zero-order valence-corrected chi connectivity index (χ0v) is 9.28. The number of para-hydroxylation sites is 1. The first-order valence-electron chi connectivity index (χ1n) is 4.32. The van der Waals surface area contributed by atoms with E-state index in [0.717, 1.165) is 6.26 Å². The summed E-state index contributed by atoms with van der Waals surface area (Å²) in [5, 5.41) is 8.76. The van der Waals surface area contributed by atoms with Gasteiger partial charge in [0.05, 0.1) is 18.2 Å². The van der Waals surface area contributed by atoms with Gasteiger partial charge in [0, 0.05) is 5.56 Å². The summed E-state index contributed by atoms with van der Waals surface area (Å²) < 4.78 is 26.7. The van der Waals surface area contributed by atoms with Crippen LogP contribution in [0.5, 0.6) is 5.75 Å². The van der Waals surface area contributed by atoms with Crippen molar-refractivity contribution in [1.29, 1.82) is 5.26 Å². The van der Waals surface area contributed by atoms with Gasteiger partial charge in [-0.2, -0.15) is 13.7 Å². The van der Waals surface area contributed by atoms with E-state index in [4.69, 9.17) is 9.44 Å². The highest BCUT2D eigenvalue weighted by molar-refractivity contribution is 7.86. The van der Waals surface area contributed by atoms with Crippen molar-refractivity contribution in [2.45, 2.75) is 12.8 Å². The van der Waals surface area contributed by atoms with Crippen LogP contribution < -0.4 is 4.18 Å². The molecule has 15 heavy (non-hydrogen) atoms. The maximum atomic E-state index is 11.0. The molecule has 0 aliphatic heterocycles. The van der Waals surface area contributed by atoms with Crippen LogP contribution >= 0.6 is 0 Å². The van der Waals surface area contributed by atoms with Crippen molar-refractivity contribution in [1.82, 2.24) is 0 Å². The van der Waals surface area contributed by atoms with Gasteiger partial charge in [0.25, 0.3) is 0 Å². The van der Waals surface area contributed by atoms with Gasteiger partial charge >= 0.3 is 10.1 Å². The van der Waals surface area contributed by atoms with E-state index in [1.165, 1.54) is 6.07 Å². The third-order valence-corrected chi connectivity index (χ3v) is 2.30. The summed E-state index contributed by atoms with van der Waals surface area (Å²) >= 11 is 0. The highest BCUT2D eigenvalue weighted by atomic mass is 32.2. The summed E-state index contributed by atoms with van der Waals surface area (Å²) in [4.78, 5) is 0. The van der Waals surface area contributed by atoms with Gasteiger partial charge in [-0.15, -0.1) is 0 Å². The molecule has 0 saturated carbocycles. The van der Waals surface area contributed by atoms with Crippen molar-refractivity contribution in [3.05, 3.63) is 29.8 Å². The van der Waals surface area contributed by atoms with Crippen LogP contribution in [0, 0.1) is 11.3 Å². The molecule has 0 amide bonds. The van der Waals surface area contributed by atoms with Crippen molar-refractivity contribution in [3.8, 4) is 11.8 Å². The Balaban J connectivity index is 3.14. The summed E-state index contributed by atoms with van der Waals surface area (Å²) in [6, 6.07) is 8.63. The van der Waals surface area contributed by atoms with Crippen LogP contribution in [-0.2, 0) is 10.1 Å². The van der Waals surface area contributed by atoms with Crippen LogP contribution in [0.4, 0.5) is 0 Å². The van der Waals surface area contributed by atoms with Crippen LogP contribution in [0.15, 0.2) is 24.3 Å². The van der Waals surface area contributed by atoms with Gasteiger partial charge < -0.3 is 4.18 Å². The van der Waals surface area contributed by atoms with E-state index in [9.17, 15) is 8.42 Å². The van der Waals surface area contributed by atoms with Gasteiger partial charge in [-0.05, 0) is 13.0 Å². The molecule has 1 rings (SSSR count). The minimum atomic E-state index is -3.55. The predicted molar refractivity (Wildman–Crippen MR) is 55.9 cm³/mol. The molecule has 1 aromatic carbocycles. The summed E-state index contributed by atoms with van der Waals surface area (Å²) in [7, 11) is -3.55. The number of nitrogens with zero attached hydrogens (tertiary/aromatic N) is 1. The molecule has 80 valence electrons. The summed E-state index contributed by atoms with van der Waals surface area (Å²) in [5.74, 6) is -0.183. The number of rotatable bonds is 3. The molecule has 0 aromatic heterocycles. The lowest BCUT2D eigenvalue weighted by Crippen LogP contribution is -2.08. The number of hydrogen-bond acceptors (Lipinski definition) is 4. The van der Waals surface area contributed by atoms with Gasteiger partial charge in [-0.3, -0.25) is 0 Å². The van der Waals surface area contributed by atoms with Gasteiger partial charge in [0.1, 0.15) is 5.75 Å². The lowest BCUT2D eigenvalue weighted by atomic mass is 10.0. The molecule has 4 nitrogen and oxygen atoms in total. The standard InChI is InChI=1S/C10H11NO3S/c1-8(7-11)9-5-3-4-6-10(9)14-15(2,12)13/h3-6,8H,1-2H3. The highest BCUT2D eigenvalue weighted by Crippen LogP contribution is 2.26. The van der Waals surface area contributed by atoms with E-state index >= 15 is 0 Å². The molecule has 0 saturated heterocycles. The molecule has 0 aliphatic rings. The largest absolute Gasteiger partial charge is 0.382 e. The quantitative estimate of drug-likeness (QED) is 0.733. The molecular weight excluding hydrogens is 214 g/mol. The molecule has 0 fully saturated rings. The van der Waals surface area contributed by atoms with Crippen LogP contribution in [0.3, 0.4) is 0 Å². The first-order chi connectivity index (χ1) is 6.94. The fourth-order valence-electron chi connectivity index (χ4n) is 1.15. The van der Waals surface area contributed by atoms with E-state index in [0.29, 0.717) is 5.56 Å². The van der Waals surface area contributed by atoms with E-state index in [-0.39, 0.29) is 5.75 Å². The predicted octanol–water partition coefficient (Wildman–Crippen LogP) is 1.65. The molecule has 1 aromatic rings. The summed E-state index contributed by atoms with van der Waals surface area (Å²) in [6.45, 7) is 1.68. The van der Waals surface area contributed by atoms with E-state index < -0.39 is 16.0 Å². The zero-order chi connectivity index (χ0) is 11.5. The van der Waals surface area contributed by atoms with Gasteiger partial charge in [-0.1, -0.05) is 18.2 Å². The van der Waals surface area contributed by atoms with Gasteiger partial charge in [-0.25, -0.2) is 0 Å². The SMILES string of the molecule is CC(C#N)c1ccccc1OS(C)(=O)=O. The number of hydrogen-bond donors (Lipinski definition) is 0. The average molecular weight is 225 g/mol. The molecule has 1 unspecified atom stereocenters. The highest BCUT2D eigenvalue weighted by Gasteiger charge is 2.13. The molecule has 0 heterocycles. The Hall–Kier alpha value is -1.54. The molecular formula is C10H11NO3S. The third-order valence-electron chi connectivity index (χ3n) is 1.82. The van der Waals surface area contributed by atoms with E-state index in [2.05, 4.69) is 0 Å². The average Bonchev–Trinajstić information content (AvgIpc) is 2.15. The Morgan fingerprint density at radius 2 is 2.00 bits per heavy atom. The van der Waals surface area contributed by atoms with Gasteiger partial charge in [0.15, 0.2) is 0 Å². The minimum absolute atomic E-state index is 0.217. The maximum Gasteiger partial charge on any atom is 0.306 e. The fraction of sp³-hybridized carbons (Fsp3) is 0.300. The maximum absolute atomic E-state index is 11.0. The Labute approximate surface area is 89.2 Å². The third kappa shape index (κ3) is 3.26. The fourth-order valence-corrected chi connectivity index (χ4v) is 1.62. The van der Waals surface area contributed by atoms with E-state index in [1.807, 2.05) is 6.07 Å². The van der Waals surface area contributed by atoms with Crippen molar-refractivity contribution < 1.29 is 12.6 Å². The van der Waals surface area contributed by atoms with Crippen molar-refractivity contribution in [2.24, 2.45) is 0 Å². The lowest BCUT2D eigenvalue weighted by molar-refractivity contribution is 0.489. The van der Waals surface area contributed by atoms with E-state index in [1.54, 1.807) is 25.1 Å².